The molecular weight excluding hydrogens is 356 g/mol. The number of hydrogen-bond donors (Lipinski definition) is 0. The highest BCUT2D eigenvalue weighted by Crippen LogP contribution is 2.63. The van der Waals surface area contributed by atoms with Crippen LogP contribution in [0, 0.1) is 29.1 Å². The molecule has 1 aromatic carbocycles. The van der Waals surface area contributed by atoms with Crippen LogP contribution >= 0.6 is 11.8 Å². The maximum atomic E-state index is 2.67. The van der Waals surface area contributed by atoms with Crippen molar-refractivity contribution >= 4 is 11.8 Å². The summed E-state index contributed by atoms with van der Waals surface area (Å²) < 4.78 is 0. The number of hydrogen-bond acceptors (Lipinski definition) is 1. The van der Waals surface area contributed by atoms with Crippen molar-refractivity contribution in [1.82, 2.24) is 0 Å². The lowest BCUT2D eigenvalue weighted by Crippen LogP contribution is -2.41. The first kappa shape index (κ1) is 19.3. The van der Waals surface area contributed by atoms with Gasteiger partial charge in [0.1, 0.15) is 0 Å². The highest BCUT2D eigenvalue weighted by atomic mass is 32.2. The Hall–Kier alpha value is -0.690. The molecule has 5 rings (SSSR count). The summed E-state index contributed by atoms with van der Waals surface area (Å²) in [5, 5.41) is 0. The van der Waals surface area contributed by atoms with Gasteiger partial charge in [0.25, 0.3) is 0 Å². The average Bonchev–Trinajstić information content (AvgIpc) is 3.09. The lowest BCUT2D eigenvalue weighted by molar-refractivity contribution is 0.0659. The summed E-state index contributed by atoms with van der Waals surface area (Å²) in [6.45, 7) is 5.11. The van der Waals surface area contributed by atoms with Crippen molar-refractivity contribution < 1.29 is 0 Å². The molecule has 4 aliphatic rings. The molecule has 0 saturated heterocycles. The third kappa shape index (κ3) is 3.03. The summed E-state index contributed by atoms with van der Waals surface area (Å²) in [5.41, 5.74) is 6.19. The summed E-state index contributed by atoms with van der Waals surface area (Å²) >= 11 is 1.86. The van der Waals surface area contributed by atoms with E-state index in [0.717, 1.165) is 29.6 Å². The Morgan fingerprint density at radius 3 is 2.50 bits per heavy atom. The maximum Gasteiger partial charge on any atom is 0.00693 e. The second kappa shape index (κ2) is 7.53. The van der Waals surface area contributed by atoms with Gasteiger partial charge in [0.15, 0.2) is 0 Å². The molecule has 4 aliphatic carbocycles. The van der Waals surface area contributed by atoms with Crippen LogP contribution in [-0.2, 0) is 0 Å². The molecule has 1 aromatic rings. The number of fused-ring (bicyclic) bond motifs is 4. The van der Waals surface area contributed by atoms with Gasteiger partial charge in [-0.25, -0.2) is 0 Å². The lowest BCUT2D eigenvalue weighted by atomic mass is 9.54. The molecule has 6 atom stereocenters. The van der Waals surface area contributed by atoms with Crippen molar-refractivity contribution in [2.45, 2.75) is 88.9 Å². The minimum atomic E-state index is 0.659. The van der Waals surface area contributed by atoms with E-state index in [1.165, 1.54) is 69.1 Å². The number of thioether (sulfide) groups is 1. The van der Waals surface area contributed by atoms with Gasteiger partial charge in [-0.3, -0.25) is 0 Å². The fourth-order valence-corrected chi connectivity index (χ4v) is 8.49. The van der Waals surface area contributed by atoms with Crippen molar-refractivity contribution in [3.63, 3.8) is 0 Å². The molecule has 0 nitrogen and oxygen atoms in total. The first-order valence-corrected chi connectivity index (χ1v) is 13.2. The maximum absolute atomic E-state index is 2.67. The molecule has 28 heavy (non-hydrogen) atoms. The van der Waals surface area contributed by atoms with Crippen molar-refractivity contribution in [3.8, 4) is 0 Å². The van der Waals surface area contributed by atoms with Gasteiger partial charge in [-0.2, -0.15) is 0 Å². The van der Waals surface area contributed by atoms with Crippen molar-refractivity contribution in [2.24, 2.45) is 29.1 Å². The van der Waals surface area contributed by atoms with Crippen LogP contribution in [0.5, 0.6) is 0 Å². The van der Waals surface area contributed by atoms with Crippen molar-refractivity contribution in [1.29, 1.82) is 0 Å². The Balaban J connectivity index is 1.36. The highest BCUT2D eigenvalue weighted by Gasteiger charge is 2.53. The molecule has 0 heterocycles. The molecule has 0 aromatic heterocycles. The zero-order valence-corrected chi connectivity index (χ0v) is 19.0. The molecule has 0 amide bonds. The molecule has 2 unspecified atom stereocenters. The zero-order valence-electron chi connectivity index (χ0n) is 18.2. The molecule has 0 radical (unpaired) electrons. The summed E-state index contributed by atoms with van der Waals surface area (Å²) in [7, 11) is 0. The number of rotatable bonds is 3. The summed E-state index contributed by atoms with van der Waals surface area (Å²) in [4.78, 5) is 1.40. The van der Waals surface area contributed by atoms with Crippen LogP contribution in [0.4, 0.5) is 0 Å². The number of allylic oxidation sites excluding steroid dienone is 2. The van der Waals surface area contributed by atoms with Crippen LogP contribution in [0.2, 0.25) is 0 Å². The number of benzene rings is 1. The van der Waals surface area contributed by atoms with E-state index in [4.69, 9.17) is 0 Å². The fraction of sp³-hybridized carbons (Fsp3) is 0.704. The highest BCUT2D eigenvalue weighted by molar-refractivity contribution is 7.98. The van der Waals surface area contributed by atoms with Gasteiger partial charge in [0, 0.05) is 4.90 Å². The molecule has 1 heteroatoms. The van der Waals surface area contributed by atoms with Crippen molar-refractivity contribution in [2.75, 3.05) is 6.26 Å². The molecule has 0 bridgehead atoms. The smallest absolute Gasteiger partial charge is 0.00693 e. The van der Waals surface area contributed by atoms with Crippen molar-refractivity contribution in [3.05, 3.63) is 41.0 Å². The van der Waals surface area contributed by atoms with Gasteiger partial charge in [0.2, 0.25) is 0 Å². The van der Waals surface area contributed by atoms with Gasteiger partial charge in [0.05, 0.1) is 0 Å². The van der Waals surface area contributed by atoms with Crippen LogP contribution in [0.25, 0.3) is 0 Å². The van der Waals surface area contributed by atoms with Crippen LogP contribution < -0.4 is 0 Å². The minimum absolute atomic E-state index is 0.659. The predicted octanol–water partition coefficient (Wildman–Crippen LogP) is 8.24. The molecule has 3 fully saturated rings. The third-order valence-electron chi connectivity index (χ3n) is 9.61. The molecule has 0 N–H and O–H groups in total. The lowest BCUT2D eigenvalue weighted by Gasteiger charge is -2.51. The Morgan fingerprint density at radius 2 is 1.75 bits per heavy atom. The first-order valence-electron chi connectivity index (χ1n) is 12.0. The summed E-state index contributed by atoms with van der Waals surface area (Å²) in [6.07, 6.45) is 16.7. The van der Waals surface area contributed by atoms with E-state index in [9.17, 15) is 0 Å². The monoisotopic (exact) mass is 394 g/mol. The second-order valence-corrected chi connectivity index (χ2v) is 11.4. The van der Waals surface area contributed by atoms with Gasteiger partial charge in [-0.15, -0.1) is 11.8 Å². The standard InChI is InChI=1S/C27H38S/c1-4-21-9-14-26-25-13-8-20-17-19(18-5-10-22(28-3)11-6-18)7-12-23(20)24(25)15-16-27(21,26)2/h5-6,10-11,19-21,25-26H,4,7-9,12-17H2,1-3H3/t19?,20?,21-,25+,26-,27+/m0/s1. The molecular formula is C27H38S. The van der Waals surface area contributed by atoms with E-state index in [1.54, 1.807) is 5.56 Å². The Kier molecular flexibility index (Phi) is 5.19. The fourth-order valence-electron chi connectivity index (χ4n) is 8.08. The largest absolute Gasteiger partial charge is 0.130 e. The zero-order chi connectivity index (χ0) is 19.3. The average molecular weight is 395 g/mol. The molecule has 0 aliphatic heterocycles. The van der Waals surface area contributed by atoms with Crippen LogP contribution in [0.3, 0.4) is 0 Å². The van der Waals surface area contributed by atoms with E-state index in [2.05, 4.69) is 44.4 Å². The SMILES string of the molecule is CC[C@H]1CC[C@H]2[C@@H]3CCC4CC(c5ccc(SC)cc5)CCC4=C3CC[C@]12C. The second-order valence-electron chi connectivity index (χ2n) is 10.5. The summed E-state index contributed by atoms with van der Waals surface area (Å²) in [5.74, 6) is 4.66. The van der Waals surface area contributed by atoms with Gasteiger partial charge >= 0.3 is 0 Å². The normalized spacial score (nSPS) is 40.0. The minimum Gasteiger partial charge on any atom is -0.130 e. The van der Waals surface area contributed by atoms with E-state index < -0.39 is 0 Å². The van der Waals surface area contributed by atoms with Gasteiger partial charge in [-0.05, 0) is 117 Å². The molecule has 0 spiro atoms. The Labute approximate surface area is 177 Å². The molecule has 3 saturated carbocycles. The van der Waals surface area contributed by atoms with E-state index in [-0.39, 0.29) is 0 Å². The van der Waals surface area contributed by atoms with Gasteiger partial charge in [-0.1, -0.05) is 43.5 Å². The van der Waals surface area contributed by atoms with Crippen LogP contribution in [0.15, 0.2) is 40.3 Å². The van der Waals surface area contributed by atoms with Crippen LogP contribution in [0.1, 0.15) is 89.5 Å². The van der Waals surface area contributed by atoms with Crippen LogP contribution in [-0.4, -0.2) is 6.26 Å². The van der Waals surface area contributed by atoms with Gasteiger partial charge < -0.3 is 0 Å². The Bertz CT molecular complexity index is 744. The van der Waals surface area contributed by atoms with E-state index in [0.29, 0.717) is 5.41 Å². The molecule has 152 valence electrons. The Morgan fingerprint density at radius 1 is 0.929 bits per heavy atom. The predicted molar refractivity (Wildman–Crippen MR) is 122 cm³/mol. The summed E-state index contributed by atoms with van der Waals surface area (Å²) in [6, 6.07) is 9.49. The topological polar surface area (TPSA) is 0 Å². The van der Waals surface area contributed by atoms with E-state index in [1.807, 2.05) is 22.9 Å². The third-order valence-corrected chi connectivity index (χ3v) is 10.4. The first-order chi connectivity index (χ1) is 13.6. The quantitative estimate of drug-likeness (QED) is 0.367. The van der Waals surface area contributed by atoms with E-state index >= 15 is 0 Å².